The monoisotopic (exact) mass is 426 g/mol. The number of methoxy groups -OCH3 is 1. The van der Waals surface area contributed by atoms with E-state index in [4.69, 9.17) is 9.47 Å². The summed E-state index contributed by atoms with van der Waals surface area (Å²) in [5.74, 6) is 0.183. The van der Waals surface area contributed by atoms with E-state index < -0.39 is 5.60 Å². The number of carbonyl (C=O) groups is 1. The molecule has 2 fully saturated rings. The summed E-state index contributed by atoms with van der Waals surface area (Å²) in [6.07, 6.45) is 3.30. The third-order valence-corrected chi connectivity index (χ3v) is 6.87. The number of ether oxygens (including phenoxy) is 2. The van der Waals surface area contributed by atoms with Crippen molar-refractivity contribution in [1.82, 2.24) is 10.2 Å². The van der Waals surface area contributed by atoms with E-state index in [0.717, 1.165) is 37.8 Å². The van der Waals surface area contributed by atoms with E-state index in [9.17, 15) is 9.18 Å². The predicted molar refractivity (Wildman–Crippen MR) is 117 cm³/mol. The summed E-state index contributed by atoms with van der Waals surface area (Å²) in [5, 5.41) is 3.43. The minimum absolute atomic E-state index is 0.0799. The van der Waals surface area contributed by atoms with Crippen LogP contribution in [0.2, 0.25) is 0 Å². The maximum atomic E-state index is 13.3. The first-order chi connectivity index (χ1) is 15.1. The molecule has 1 unspecified atom stereocenters. The van der Waals surface area contributed by atoms with Crippen molar-refractivity contribution in [2.24, 2.45) is 0 Å². The van der Waals surface area contributed by atoms with Crippen LogP contribution in [0.15, 0.2) is 54.6 Å². The second-order valence-electron chi connectivity index (χ2n) is 8.55. The molecule has 1 aliphatic carbocycles. The van der Waals surface area contributed by atoms with E-state index >= 15 is 0 Å². The Morgan fingerprint density at radius 2 is 1.84 bits per heavy atom. The van der Waals surface area contributed by atoms with Gasteiger partial charge in [0.15, 0.2) is 0 Å². The Bertz CT molecular complexity index is 851. The molecule has 5 nitrogen and oxygen atoms in total. The number of piperazine rings is 1. The van der Waals surface area contributed by atoms with Crippen LogP contribution < -0.4 is 5.32 Å². The third kappa shape index (κ3) is 4.91. The standard InChI is InChI=1S/C25H31FN2O3/c1-30-25(13-11-21(12-14-25)20-7-9-22(26)10-8-20)23-17-27-15-16-28(23)24(29)31-18-19-5-3-2-4-6-19/h2-10,21,23,27H,11-18H2,1H3. The Labute approximate surface area is 183 Å². The molecule has 2 aromatic rings. The highest BCUT2D eigenvalue weighted by Crippen LogP contribution is 2.43. The van der Waals surface area contributed by atoms with E-state index in [1.54, 1.807) is 7.11 Å². The fraction of sp³-hybridized carbons (Fsp3) is 0.480. The van der Waals surface area contributed by atoms with Crippen molar-refractivity contribution in [3.63, 3.8) is 0 Å². The summed E-state index contributed by atoms with van der Waals surface area (Å²) in [7, 11) is 1.75. The molecule has 31 heavy (non-hydrogen) atoms. The molecule has 0 aromatic heterocycles. The van der Waals surface area contributed by atoms with Crippen LogP contribution in [0, 0.1) is 5.82 Å². The lowest BCUT2D eigenvalue weighted by atomic mass is 9.72. The number of nitrogens with zero attached hydrogens (tertiary/aromatic N) is 1. The highest BCUT2D eigenvalue weighted by molar-refractivity contribution is 5.68. The van der Waals surface area contributed by atoms with E-state index in [1.807, 2.05) is 47.4 Å². The second kappa shape index (κ2) is 9.79. The van der Waals surface area contributed by atoms with Gasteiger partial charge in [0.2, 0.25) is 0 Å². The number of nitrogens with one attached hydrogen (secondary N) is 1. The number of carbonyl (C=O) groups excluding carboxylic acids is 1. The summed E-state index contributed by atoms with van der Waals surface area (Å²) in [6, 6.07) is 16.5. The van der Waals surface area contributed by atoms with Gasteiger partial charge in [0.25, 0.3) is 0 Å². The van der Waals surface area contributed by atoms with E-state index in [-0.39, 0.29) is 24.6 Å². The predicted octanol–water partition coefficient (Wildman–Crippen LogP) is 4.48. The van der Waals surface area contributed by atoms with E-state index in [1.165, 1.54) is 17.7 Å². The molecule has 0 radical (unpaired) electrons. The summed E-state index contributed by atoms with van der Waals surface area (Å²) in [5.41, 5.74) is 1.74. The lowest BCUT2D eigenvalue weighted by Crippen LogP contribution is -2.64. The Hall–Kier alpha value is -2.44. The van der Waals surface area contributed by atoms with Gasteiger partial charge in [-0.25, -0.2) is 9.18 Å². The molecule has 2 aliphatic rings. The molecule has 6 heteroatoms. The molecule has 1 aliphatic heterocycles. The lowest BCUT2D eigenvalue weighted by molar-refractivity contribution is -0.104. The Morgan fingerprint density at radius 3 is 2.52 bits per heavy atom. The number of rotatable bonds is 5. The molecule has 1 saturated heterocycles. The second-order valence-corrected chi connectivity index (χ2v) is 8.55. The van der Waals surface area contributed by atoms with Crippen LogP contribution in [0.3, 0.4) is 0 Å². The van der Waals surface area contributed by atoms with Gasteiger partial charge >= 0.3 is 6.09 Å². The Kier molecular flexibility index (Phi) is 6.88. The summed E-state index contributed by atoms with van der Waals surface area (Å²) in [4.78, 5) is 14.8. The quantitative estimate of drug-likeness (QED) is 0.766. The van der Waals surface area contributed by atoms with Gasteiger partial charge in [-0.05, 0) is 54.9 Å². The van der Waals surface area contributed by atoms with Gasteiger partial charge in [0.1, 0.15) is 12.4 Å². The molecule has 1 N–H and O–H groups in total. The van der Waals surface area contributed by atoms with Crippen LogP contribution in [0.4, 0.5) is 9.18 Å². The summed E-state index contributed by atoms with van der Waals surface area (Å²) in [6.45, 7) is 2.30. The van der Waals surface area contributed by atoms with Crippen molar-refractivity contribution in [3.05, 3.63) is 71.5 Å². The Morgan fingerprint density at radius 1 is 1.13 bits per heavy atom. The average Bonchev–Trinajstić information content (AvgIpc) is 2.84. The van der Waals surface area contributed by atoms with Gasteiger partial charge in [-0.3, -0.25) is 4.90 Å². The highest BCUT2D eigenvalue weighted by Gasteiger charge is 2.47. The molecule has 4 rings (SSSR count). The lowest BCUT2D eigenvalue weighted by Gasteiger charge is -2.50. The third-order valence-electron chi connectivity index (χ3n) is 6.87. The minimum atomic E-state index is -0.407. The fourth-order valence-corrected chi connectivity index (χ4v) is 5.04. The van der Waals surface area contributed by atoms with Crippen LogP contribution in [0.5, 0.6) is 0 Å². The van der Waals surface area contributed by atoms with Crippen molar-refractivity contribution in [3.8, 4) is 0 Å². The zero-order chi connectivity index (χ0) is 21.7. The van der Waals surface area contributed by atoms with Gasteiger partial charge < -0.3 is 14.8 Å². The zero-order valence-corrected chi connectivity index (χ0v) is 18.1. The summed E-state index contributed by atoms with van der Waals surface area (Å²) >= 11 is 0. The average molecular weight is 427 g/mol. The topological polar surface area (TPSA) is 50.8 Å². The first kappa shape index (κ1) is 21.8. The van der Waals surface area contributed by atoms with Crippen molar-refractivity contribution >= 4 is 6.09 Å². The molecular formula is C25H31FN2O3. The molecular weight excluding hydrogens is 395 g/mol. The molecule has 2 aromatic carbocycles. The molecule has 0 spiro atoms. The SMILES string of the molecule is COC1(C2CNCCN2C(=O)OCc2ccccc2)CCC(c2ccc(F)cc2)CC1. The maximum absolute atomic E-state index is 13.3. The molecule has 1 saturated carbocycles. The van der Waals surface area contributed by atoms with Crippen molar-refractivity contribution in [2.45, 2.75) is 49.9 Å². The number of hydrogen-bond donors (Lipinski definition) is 1. The van der Waals surface area contributed by atoms with Crippen LogP contribution >= 0.6 is 0 Å². The number of benzene rings is 2. The van der Waals surface area contributed by atoms with Crippen LogP contribution in [-0.2, 0) is 16.1 Å². The fourth-order valence-electron chi connectivity index (χ4n) is 5.04. The van der Waals surface area contributed by atoms with Gasteiger partial charge in [0, 0.05) is 26.7 Å². The van der Waals surface area contributed by atoms with E-state index in [0.29, 0.717) is 19.0 Å². The zero-order valence-electron chi connectivity index (χ0n) is 18.1. The van der Waals surface area contributed by atoms with Crippen LogP contribution in [0.1, 0.15) is 42.7 Å². The molecule has 1 amide bonds. The van der Waals surface area contributed by atoms with E-state index in [2.05, 4.69) is 5.32 Å². The highest BCUT2D eigenvalue weighted by atomic mass is 19.1. The molecule has 1 heterocycles. The largest absolute Gasteiger partial charge is 0.445 e. The summed E-state index contributed by atoms with van der Waals surface area (Å²) < 4.78 is 25.1. The van der Waals surface area contributed by atoms with Crippen molar-refractivity contribution in [2.75, 3.05) is 26.7 Å². The normalized spacial score (nSPS) is 26.5. The van der Waals surface area contributed by atoms with Gasteiger partial charge in [-0.2, -0.15) is 0 Å². The van der Waals surface area contributed by atoms with Gasteiger partial charge in [-0.1, -0.05) is 42.5 Å². The van der Waals surface area contributed by atoms with Gasteiger partial charge in [-0.15, -0.1) is 0 Å². The van der Waals surface area contributed by atoms with Crippen LogP contribution in [0.25, 0.3) is 0 Å². The first-order valence-electron chi connectivity index (χ1n) is 11.1. The smallest absolute Gasteiger partial charge is 0.410 e. The molecule has 0 bridgehead atoms. The number of amides is 1. The minimum Gasteiger partial charge on any atom is -0.445 e. The Balaban J connectivity index is 1.43. The van der Waals surface area contributed by atoms with Crippen molar-refractivity contribution < 1.29 is 18.7 Å². The first-order valence-corrected chi connectivity index (χ1v) is 11.1. The molecule has 1 atom stereocenters. The van der Waals surface area contributed by atoms with Crippen LogP contribution in [-0.4, -0.2) is 49.4 Å². The number of hydrogen-bond acceptors (Lipinski definition) is 4. The van der Waals surface area contributed by atoms with Crippen molar-refractivity contribution in [1.29, 1.82) is 0 Å². The maximum Gasteiger partial charge on any atom is 0.410 e. The number of halogens is 1. The molecule has 166 valence electrons. The van der Waals surface area contributed by atoms with Gasteiger partial charge in [0.05, 0.1) is 11.6 Å².